The van der Waals surface area contributed by atoms with E-state index >= 15 is 0 Å². The lowest BCUT2D eigenvalue weighted by molar-refractivity contribution is 0.0688. The van der Waals surface area contributed by atoms with E-state index in [9.17, 15) is 13.6 Å². The Morgan fingerprint density at radius 1 is 1.64 bits per heavy atom. The number of hydrogen-bond donors (Lipinski definition) is 1. The Hall–Kier alpha value is -0.500. The first kappa shape index (κ1) is 11.6. The minimum atomic E-state index is -2.83. The maximum atomic E-state index is 12.3. The van der Waals surface area contributed by atoms with Gasteiger partial charge in [-0.1, -0.05) is 11.6 Å². The van der Waals surface area contributed by atoms with Gasteiger partial charge in [0.05, 0.1) is 8.59 Å². The largest absolute Gasteiger partial charge is 0.477 e. The number of aromatic nitrogens is 1. The van der Waals surface area contributed by atoms with Crippen molar-refractivity contribution in [2.24, 2.45) is 0 Å². The zero-order valence-corrected chi connectivity index (χ0v) is 9.38. The molecule has 0 aliphatic rings. The molecule has 1 rings (SSSR count). The van der Waals surface area contributed by atoms with E-state index in [1.807, 2.05) is 0 Å². The first-order chi connectivity index (χ1) is 6.43. The Kier molecular flexibility index (Phi) is 3.59. The monoisotopic (exact) mass is 333 g/mol. The summed E-state index contributed by atoms with van der Waals surface area (Å²) in [4.78, 5) is 13.8. The fourth-order valence-electron chi connectivity index (χ4n) is 0.771. The number of rotatable bonds is 2. The van der Waals surface area contributed by atoms with Gasteiger partial charge in [0.2, 0.25) is 0 Å². The van der Waals surface area contributed by atoms with Crippen molar-refractivity contribution in [1.29, 1.82) is 0 Å². The van der Waals surface area contributed by atoms with Crippen molar-refractivity contribution in [1.82, 2.24) is 4.98 Å². The molecule has 0 atom stereocenters. The van der Waals surface area contributed by atoms with Crippen molar-refractivity contribution >= 4 is 40.2 Å². The lowest BCUT2D eigenvalue weighted by Gasteiger charge is -2.05. The van der Waals surface area contributed by atoms with Crippen molar-refractivity contribution in [3.8, 4) is 0 Å². The van der Waals surface area contributed by atoms with Crippen LogP contribution in [0.15, 0.2) is 6.07 Å². The molecule has 0 aromatic carbocycles. The van der Waals surface area contributed by atoms with Crippen LogP contribution in [0.1, 0.15) is 22.6 Å². The predicted octanol–water partition coefficient (Wildman–Crippen LogP) is 2.98. The molecule has 3 nitrogen and oxygen atoms in total. The van der Waals surface area contributed by atoms with Crippen LogP contribution in [-0.2, 0) is 0 Å². The molecule has 0 aliphatic carbocycles. The van der Waals surface area contributed by atoms with Gasteiger partial charge < -0.3 is 5.11 Å². The Balaban J connectivity index is 3.35. The van der Waals surface area contributed by atoms with Gasteiger partial charge in [-0.15, -0.1) is 0 Å². The number of nitrogens with zero attached hydrogens (tertiary/aromatic N) is 1. The number of carbonyl (C=O) groups is 1. The predicted molar refractivity (Wildman–Crippen MR) is 53.9 cm³/mol. The molecule has 0 unspecified atom stereocenters. The summed E-state index contributed by atoms with van der Waals surface area (Å²) < 4.78 is 24.7. The maximum absolute atomic E-state index is 12.3. The standard InChI is InChI=1S/C7H3ClF2INO2/c8-2-1-3(7(13)14)12-5(4(2)11)6(9)10/h1,6H,(H,13,14). The highest BCUT2D eigenvalue weighted by Crippen LogP contribution is 2.28. The summed E-state index contributed by atoms with van der Waals surface area (Å²) in [5, 5.41) is 8.50. The highest BCUT2D eigenvalue weighted by atomic mass is 127. The summed E-state index contributed by atoms with van der Waals surface area (Å²) in [6.07, 6.45) is -2.83. The van der Waals surface area contributed by atoms with Crippen molar-refractivity contribution in [3.63, 3.8) is 0 Å². The molecule has 0 saturated heterocycles. The fourth-order valence-corrected chi connectivity index (χ4v) is 1.48. The number of alkyl halides is 2. The summed E-state index contributed by atoms with van der Waals surface area (Å²) in [5.74, 6) is -1.38. The Bertz CT molecular complexity index is 386. The lowest BCUT2D eigenvalue weighted by atomic mass is 10.3. The molecule has 0 spiro atoms. The van der Waals surface area contributed by atoms with E-state index in [4.69, 9.17) is 16.7 Å². The van der Waals surface area contributed by atoms with Crippen LogP contribution in [0.3, 0.4) is 0 Å². The summed E-state index contributed by atoms with van der Waals surface area (Å²) in [6.45, 7) is 0. The van der Waals surface area contributed by atoms with Gasteiger partial charge in [-0.25, -0.2) is 18.6 Å². The Morgan fingerprint density at radius 3 is 2.64 bits per heavy atom. The lowest BCUT2D eigenvalue weighted by Crippen LogP contribution is -2.05. The fraction of sp³-hybridized carbons (Fsp3) is 0.143. The Morgan fingerprint density at radius 2 is 2.21 bits per heavy atom. The second kappa shape index (κ2) is 4.35. The molecule has 0 saturated carbocycles. The number of aromatic carboxylic acids is 1. The molecule has 1 heterocycles. The minimum absolute atomic E-state index is 0.0340. The molecule has 1 aromatic heterocycles. The zero-order valence-electron chi connectivity index (χ0n) is 6.47. The van der Waals surface area contributed by atoms with Crippen LogP contribution in [0.5, 0.6) is 0 Å². The topological polar surface area (TPSA) is 50.2 Å². The minimum Gasteiger partial charge on any atom is -0.477 e. The molecule has 1 N–H and O–H groups in total. The smallest absolute Gasteiger partial charge is 0.354 e. The van der Waals surface area contributed by atoms with Gasteiger partial charge in [-0.2, -0.15) is 0 Å². The molecule has 0 amide bonds. The first-order valence-electron chi connectivity index (χ1n) is 3.31. The molecule has 1 aromatic rings. The van der Waals surface area contributed by atoms with Gasteiger partial charge in [0.25, 0.3) is 6.43 Å². The van der Waals surface area contributed by atoms with Crippen LogP contribution in [0, 0.1) is 3.57 Å². The number of hydrogen-bond acceptors (Lipinski definition) is 2. The summed E-state index contributed by atoms with van der Waals surface area (Å²) in [7, 11) is 0. The molecule has 76 valence electrons. The van der Waals surface area contributed by atoms with Crippen LogP contribution in [0.25, 0.3) is 0 Å². The summed E-state index contributed by atoms with van der Waals surface area (Å²) in [6, 6.07) is 1.04. The quantitative estimate of drug-likeness (QED) is 0.847. The van der Waals surface area contributed by atoms with E-state index < -0.39 is 23.8 Å². The summed E-state index contributed by atoms with van der Waals surface area (Å²) in [5.41, 5.74) is -1.08. The van der Waals surface area contributed by atoms with Crippen LogP contribution >= 0.6 is 34.2 Å². The average Bonchev–Trinajstić information content (AvgIpc) is 2.08. The number of pyridine rings is 1. The third-order valence-electron chi connectivity index (χ3n) is 1.36. The number of halogens is 4. The van der Waals surface area contributed by atoms with E-state index in [2.05, 4.69) is 4.98 Å². The third-order valence-corrected chi connectivity index (χ3v) is 3.12. The number of carboxylic acid groups (broad SMARTS) is 1. The number of carboxylic acids is 1. The molecular formula is C7H3ClF2INO2. The van der Waals surface area contributed by atoms with Gasteiger partial charge in [-0.3, -0.25) is 0 Å². The van der Waals surface area contributed by atoms with Crippen molar-refractivity contribution in [3.05, 3.63) is 26.0 Å². The van der Waals surface area contributed by atoms with Crippen molar-refractivity contribution in [2.75, 3.05) is 0 Å². The summed E-state index contributed by atoms with van der Waals surface area (Å²) >= 11 is 7.16. The van der Waals surface area contributed by atoms with Gasteiger partial charge in [0.1, 0.15) is 11.4 Å². The van der Waals surface area contributed by atoms with Gasteiger partial charge in [0.15, 0.2) is 0 Å². The average molecular weight is 333 g/mol. The second-order valence-electron chi connectivity index (χ2n) is 2.29. The second-order valence-corrected chi connectivity index (χ2v) is 3.78. The molecule has 0 aliphatic heterocycles. The van der Waals surface area contributed by atoms with E-state index in [1.165, 1.54) is 0 Å². The van der Waals surface area contributed by atoms with E-state index in [0.717, 1.165) is 6.07 Å². The molecule has 7 heteroatoms. The first-order valence-corrected chi connectivity index (χ1v) is 4.76. The van der Waals surface area contributed by atoms with E-state index in [0.29, 0.717) is 0 Å². The third kappa shape index (κ3) is 2.30. The zero-order chi connectivity index (χ0) is 10.9. The van der Waals surface area contributed by atoms with Crippen molar-refractivity contribution in [2.45, 2.75) is 6.43 Å². The van der Waals surface area contributed by atoms with E-state index in [-0.39, 0.29) is 8.59 Å². The van der Waals surface area contributed by atoms with Gasteiger partial charge in [-0.05, 0) is 28.7 Å². The van der Waals surface area contributed by atoms with Crippen LogP contribution in [0.4, 0.5) is 8.78 Å². The van der Waals surface area contributed by atoms with Crippen LogP contribution in [0.2, 0.25) is 5.02 Å². The van der Waals surface area contributed by atoms with Crippen molar-refractivity contribution < 1.29 is 18.7 Å². The molecule has 14 heavy (non-hydrogen) atoms. The SMILES string of the molecule is O=C(O)c1cc(Cl)c(I)c(C(F)F)n1. The molecule has 0 bridgehead atoms. The van der Waals surface area contributed by atoms with Gasteiger partial charge >= 0.3 is 5.97 Å². The normalized spacial score (nSPS) is 10.6. The van der Waals surface area contributed by atoms with E-state index in [1.54, 1.807) is 22.6 Å². The molecular weight excluding hydrogens is 330 g/mol. The Labute approximate surface area is 96.2 Å². The maximum Gasteiger partial charge on any atom is 0.354 e. The van der Waals surface area contributed by atoms with Crippen LogP contribution in [-0.4, -0.2) is 16.1 Å². The highest BCUT2D eigenvalue weighted by Gasteiger charge is 2.19. The van der Waals surface area contributed by atoms with Crippen LogP contribution < -0.4 is 0 Å². The van der Waals surface area contributed by atoms with Gasteiger partial charge in [0, 0.05) is 0 Å². The highest BCUT2D eigenvalue weighted by molar-refractivity contribution is 14.1. The molecule has 0 fully saturated rings. The molecule has 0 radical (unpaired) electrons.